The maximum atomic E-state index is 11.0. The number of ether oxygens (including phenoxy) is 1. The summed E-state index contributed by atoms with van der Waals surface area (Å²) >= 11 is 0. The number of hydrogen-bond donors (Lipinski definition) is 2. The van der Waals surface area contributed by atoms with Gasteiger partial charge in [0.05, 0.1) is 0 Å². The minimum atomic E-state index is -0.277. The fourth-order valence-electron chi connectivity index (χ4n) is 0.586. The van der Waals surface area contributed by atoms with E-state index in [9.17, 15) is 9.59 Å². The lowest BCUT2D eigenvalue weighted by atomic mass is 10.3. The first-order valence-corrected chi connectivity index (χ1v) is 4.40. The molecule has 0 radical (unpaired) electrons. The van der Waals surface area contributed by atoms with E-state index in [2.05, 4.69) is 23.8 Å². The molecule has 0 rings (SSSR count). The quantitative estimate of drug-likeness (QED) is 0.378. The number of amides is 2. The highest BCUT2D eigenvalue weighted by Crippen LogP contribution is 1.86. The second-order valence-electron chi connectivity index (χ2n) is 3.07. The van der Waals surface area contributed by atoms with Crippen molar-refractivity contribution in [3.8, 4) is 0 Å². The van der Waals surface area contributed by atoms with E-state index >= 15 is 0 Å². The van der Waals surface area contributed by atoms with Crippen LogP contribution in [0, 0.1) is 0 Å². The van der Waals surface area contributed by atoms with Crippen molar-refractivity contribution in [2.45, 2.75) is 13.8 Å². The Morgan fingerprint density at radius 3 is 1.60 bits per heavy atom. The van der Waals surface area contributed by atoms with Crippen LogP contribution in [0.3, 0.4) is 0 Å². The van der Waals surface area contributed by atoms with Gasteiger partial charge in [-0.05, 0) is 13.8 Å². The van der Waals surface area contributed by atoms with Crippen LogP contribution in [-0.4, -0.2) is 25.3 Å². The molecule has 0 spiro atoms. The summed E-state index contributed by atoms with van der Waals surface area (Å²) in [6.45, 7) is 10.2. The minimum Gasteiger partial charge on any atom is -0.341 e. The molecule has 2 amide bonds. The Kier molecular flexibility index (Phi) is 6.05. The van der Waals surface area contributed by atoms with E-state index in [1.807, 2.05) is 0 Å². The van der Waals surface area contributed by atoms with Gasteiger partial charge >= 0.3 is 0 Å². The molecule has 5 nitrogen and oxygen atoms in total. The summed E-state index contributed by atoms with van der Waals surface area (Å²) in [5, 5.41) is 4.90. The molecule has 0 fully saturated rings. The van der Waals surface area contributed by atoms with Gasteiger partial charge in [-0.25, -0.2) is 0 Å². The molecule has 0 bridgehead atoms. The third kappa shape index (κ3) is 6.45. The van der Waals surface area contributed by atoms with E-state index in [0.29, 0.717) is 11.1 Å². The van der Waals surface area contributed by atoms with Crippen LogP contribution in [0.2, 0.25) is 0 Å². The van der Waals surface area contributed by atoms with Crippen LogP contribution < -0.4 is 10.6 Å². The van der Waals surface area contributed by atoms with Gasteiger partial charge in [0.25, 0.3) is 0 Å². The van der Waals surface area contributed by atoms with E-state index in [1.165, 1.54) is 0 Å². The Hall–Kier alpha value is -1.62. The minimum absolute atomic E-state index is 0.0299. The van der Waals surface area contributed by atoms with Crippen molar-refractivity contribution in [2.24, 2.45) is 0 Å². The molecule has 0 aliphatic rings. The summed E-state index contributed by atoms with van der Waals surface area (Å²) in [5.41, 5.74) is 0.814. The van der Waals surface area contributed by atoms with Gasteiger partial charge in [-0.2, -0.15) is 0 Å². The van der Waals surface area contributed by atoms with Crippen LogP contribution in [0.15, 0.2) is 24.3 Å². The highest BCUT2D eigenvalue weighted by Gasteiger charge is 2.01. The fourth-order valence-corrected chi connectivity index (χ4v) is 0.586. The number of carbonyl (C=O) groups is 2. The largest absolute Gasteiger partial charge is 0.341 e. The van der Waals surface area contributed by atoms with Gasteiger partial charge < -0.3 is 15.4 Å². The summed E-state index contributed by atoms with van der Waals surface area (Å²) in [4.78, 5) is 21.9. The molecule has 0 aliphatic heterocycles. The van der Waals surface area contributed by atoms with Gasteiger partial charge in [-0.1, -0.05) is 13.2 Å². The predicted octanol–water partition coefficient (Wildman–Crippen LogP) is 0.303. The normalized spacial score (nSPS) is 9.20. The molecule has 15 heavy (non-hydrogen) atoms. The topological polar surface area (TPSA) is 67.4 Å². The standard InChI is InChI=1S/C10H16N2O3/c1-7(2)9(13)11-5-15-6-12-10(14)8(3)4/h1,3,5-6H2,2,4H3,(H,11,13)(H,12,14). The number of carbonyl (C=O) groups excluding carboxylic acids is 2. The van der Waals surface area contributed by atoms with Gasteiger partial charge in [0, 0.05) is 11.1 Å². The average Bonchev–Trinajstić information content (AvgIpc) is 2.16. The Morgan fingerprint density at radius 2 is 1.33 bits per heavy atom. The van der Waals surface area contributed by atoms with Crippen molar-refractivity contribution in [3.63, 3.8) is 0 Å². The van der Waals surface area contributed by atoms with E-state index in [1.54, 1.807) is 13.8 Å². The maximum Gasteiger partial charge on any atom is 0.248 e. The molecule has 0 aromatic carbocycles. The monoisotopic (exact) mass is 212 g/mol. The maximum absolute atomic E-state index is 11.0. The third-order valence-electron chi connectivity index (χ3n) is 1.44. The van der Waals surface area contributed by atoms with Gasteiger partial charge in [0.1, 0.15) is 13.5 Å². The van der Waals surface area contributed by atoms with Gasteiger partial charge in [-0.15, -0.1) is 0 Å². The lowest BCUT2D eigenvalue weighted by molar-refractivity contribution is -0.120. The highest BCUT2D eigenvalue weighted by atomic mass is 16.5. The van der Waals surface area contributed by atoms with Crippen LogP contribution >= 0.6 is 0 Å². The molecular weight excluding hydrogens is 196 g/mol. The van der Waals surface area contributed by atoms with Crippen LogP contribution in [0.4, 0.5) is 0 Å². The Bertz CT molecular complexity index is 256. The Balaban J connectivity index is 3.48. The van der Waals surface area contributed by atoms with Crippen molar-refractivity contribution in [3.05, 3.63) is 24.3 Å². The SMILES string of the molecule is C=C(C)C(=O)NCOCNC(=O)C(=C)C. The number of nitrogens with one attached hydrogen (secondary N) is 2. The lowest BCUT2D eigenvalue weighted by Gasteiger charge is -2.07. The predicted molar refractivity (Wildman–Crippen MR) is 56.7 cm³/mol. The van der Waals surface area contributed by atoms with Crippen molar-refractivity contribution >= 4 is 11.8 Å². The molecule has 0 atom stereocenters. The smallest absolute Gasteiger partial charge is 0.248 e. The van der Waals surface area contributed by atoms with Crippen molar-refractivity contribution < 1.29 is 14.3 Å². The second-order valence-corrected chi connectivity index (χ2v) is 3.07. The zero-order valence-corrected chi connectivity index (χ0v) is 9.05. The van der Waals surface area contributed by atoms with Crippen molar-refractivity contribution in [1.82, 2.24) is 10.6 Å². The zero-order chi connectivity index (χ0) is 11.8. The molecule has 5 heteroatoms. The first kappa shape index (κ1) is 13.4. The van der Waals surface area contributed by atoms with Gasteiger partial charge in [0.2, 0.25) is 11.8 Å². The van der Waals surface area contributed by atoms with Crippen LogP contribution in [-0.2, 0) is 14.3 Å². The zero-order valence-electron chi connectivity index (χ0n) is 9.05. The Labute approximate surface area is 89.2 Å². The van der Waals surface area contributed by atoms with Crippen LogP contribution in [0.25, 0.3) is 0 Å². The summed E-state index contributed by atoms with van der Waals surface area (Å²) in [7, 11) is 0. The molecule has 84 valence electrons. The number of rotatable bonds is 6. The molecule has 0 aromatic rings. The summed E-state index contributed by atoms with van der Waals surface area (Å²) in [5.74, 6) is -0.553. The lowest BCUT2D eigenvalue weighted by Crippen LogP contribution is -2.31. The first-order chi connectivity index (χ1) is 6.95. The molecule has 0 aromatic heterocycles. The van der Waals surface area contributed by atoms with Crippen molar-refractivity contribution in [1.29, 1.82) is 0 Å². The van der Waals surface area contributed by atoms with Gasteiger partial charge in [0.15, 0.2) is 0 Å². The first-order valence-electron chi connectivity index (χ1n) is 4.40. The van der Waals surface area contributed by atoms with Crippen LogP contribution in [0.5, 0.6) is 0 Å². The van der Waals surface area contributed by atoms with Crippen molar-refractivity contribution in [2.75, 3.05) is 13.5 Å². The molecule has 0 unspecified atom stereocenters. The van der Waals surface area contributed by atoms with E-state index in [-0.39, 0.29) is 25.3 Å². The van der Waals surface area contributed by atoms with Crippen LogP contribution in [0.1, 0.15) is 13.8 Å². The molecule has 0 heterocycles. The summed E-state index contributed by atoms with van der Waals surface area (Å²) in [6.07, 6.45) is 0. The average molecular weight is 212 g/mol. The Morgan fingerprint density at radius 1 is 1.00 bits per heavy atom. The van der Waals surface area contributed by atoms with Gasteiger partial charge in [-0.3, -0.25) is 9.59 Å². The third-order valence-corrected chi connectivity index (χ3v) is 1.44. The summed E-state index contributed by atoms with van der Waals surface area (Å²) in [6, 6.07) is 0. The van der Waals surface area contributed by atoms with E-state index in [4.69, 9.17) is 4.74 Å². The fraction of sp³-hybridized carbons (Fsp3) is 0.400. The molecular formula is C10H16N2O3. The summed E-state index contributed by atoms with van der Waals surface area (Å²) < 4.78 is 4.93. The molecule has 0 saturated heterocycles. The van der Waals surface area contributed by atoms with E-state index in [0.717, 1.165) is 0 Å². The molecule has 2 N–H and O–H groups in total. The molecule has 0 saturated carbocycles. The highest BCUT2D eigenvalue weighted by molar-refractivity contribution is 5.92. The second kappa shape index (κ2) is 6.78. The number of hydrogen-bond acceptors (Lipinski definition) is 3. The molecule has 0 aliphatic carbocycles. The van der Waals surface area contributed by atoms with E-state index < -0.39 is 0 Å².